The van der Waals surface area contributed by atoms with Gasteiger partial charge in [0, 0.05) is 16.1 Å². The van der Waals surface area contributed by atoms with Gasteiger partial charge in [-0.3, -0.25) is 0 Å². The summed E-state index contributed by atoms with van der Waals surface area (Å²) < 4.78 is 7.58. The predicted octanol–water partition coefficient (Wildman–Crippen LogP) is 3.83. The summed E-state index contributed by atoms with van der Waals surface area (Å²) in [5.74, 6) is 0.498. The molecule has 20 heavy (non-hydrogen) atoms. The van der Waals surface area contributed by atoms with Crippen molar-refractivity contribution in [2.45, 2.75) is 0 Å². The summed E-state index contributed by atoms with van der Waals surface area (Å²) in [4.78, 5) is 7.15. The number of hydrogen-bond acceptors (Lipinski definition) is 3. The molecule has 0 bridgehead atoms. The lowest BCUT2D eigenvalue weighted by Crippen LogP contribution is -2.04. The fourth-order valence-corrected chi connectivity index (χ4v) is 2.22. The maximum Gasteiger partial charge on any atom is 0.238 e. The molecular weight excluding hydrogens is 278 g/mol. The Hall–Kier alpha value is -2.43. The lowest BCUT2D eigenvalue weighted by molar-refractivity contribution is 0.319. The van der Waals surface area contributed by atoms with Gasteiger partial charge in [0.1, 0.15) is 5.52 Å². The van der Waals surface area contributed by atoms with Crippen LogP contribution in [0.4, 0.5) is 0 Å². The van der Waals surface area contributed by atoms with Gasteiger partial charge < -0.3 is 9.14 Å². The third-order valence-corrected chi connectivity index (χ3v) is 3.12. The summed E-state index contributed by atoms with van der Waals surface area (Å²) in [6.07, 6.45) is 1.94. The molecule has 0 N–H and O–H groups in total. The highest BCUT2D eigenvalue weighted by Crippen LogP contribution is 2.25. The molecule has 0 saturated heterocycles. The molecule has 0 spiro atoms. The quantitative estimate of drug-likeness (QED) is 0.316. The molecule has 6 nitrogen and oxygen atoms in total. The Morgan fingerprint density at radius 2 is 2.25 bits per heavy atom. The first kappa shape index (κ1) is 12.6. The third kappa shape index (κ3) is 2.22. The fraction of sp³-hybridized carbons (Fsp3) is 0.154. The number of rotatable bonds is 4. The highest BCUT2D eigenvalue weighted by Gasteiger charge is 2.09. The van der Waals surface area contributed by atoms with Crippen molar-refractivity contribution >= 4 is 28.2 Å². The minimum Gasteiger partial charge on any atom is -0.476 e. The highest BCUT2D eigenvalue weighted by molar-refractivity contribution is 6.31. The van der Waals surface area contributed by atoms with Gasteiger partial charge in [-0.2, -0.15) is 0 Å². The first-order valence-corrected chi connectivity index (χ1v) is 6.37. The molecule has 0 aliphatic heterocycles. The van der Waals surface area contributed by atoms with E-state index in [2.05, 4.69) is 15.0 Å². The summed E-state index contributed by atoms with van der Waals surface area (Å²) in [5, 5.41) is 4.05. The average Bonchev–Trinajstić information content (AvgIpc) is 2.92. The van der Waals surface area contributed by atoms with Gasteiger partial charge in [0.2, 0.25) is 5.88 Å². The van der Waals surface area contributed by atoms with Gasteiger partial charge in [-0.1, -0.05) is 16.7 Å². The van der Waals surface area contributed by atoms with Crippen LogP contribution in [0.2, 0.25) is 5.02 Å². The fourth-order valence-electron chi connectivity index (χ4n) is 2.06. The molecule has 3 rings (SSSR count). The van der Waals surface area contributed by atoms with E-state index in [0.29, 0.717) is 10.9 Å². The molecule has 1 aromatic carbocycles. The number of ether oxygens (including phenoxy) is 1. The highest BCUT2D eigenvalue weighted by atomic mass is 35.5. The van der Waals surface area contributed by atoms with E-state index in [-0.39, 0.29) is 13.2 Å². The molecule has 0 radical (unpaired) electrons. The molecule has 0 saturated carbocycles. The largest absolute Gasteiger partial charge is 0.476 e. The van der Waals surface area contributed by atoms with Crippen LogP contribution in [0.25, 0.3) is 27.0 Å². The van der Waals surface area contributed by atoms with Crippen LogP contribution in [-0.4, -0.2) is 22.5 Å². The first-order valence-electron chi connectivity index (χ1n) is 5.99. The minimum absolute atomic E-state index is 0.263. The van der Waals surface area contributed by atoms with Crippen molar-refractivity contribution in [2.24, 2.45) is 5.11 Å². The summed E-state index contributed by atoms with van der Waals surface area (Å²) >= 11 is 6.00. The van der Waals surface area contributed by atoms with Gasteiger partial charge in [0.25, 0.3) is 0 Å². The molecule has 0 unspecified atom stereocenters. The molecule has 3 aromatic rings. The van der Waals surface area contributed by atoms with Gasteiger partial charge >= 0.3 is 0 Å². The number of aromatic nitrogens is 2. The van der Waals surface area contributed by atoms with E-state index >= 15 is 0 Å². The van der Waals surface area contributed by atoms with E-state index in [1.807, 2.05) is 34.9 Å². The van der Waals surface area contributed by atoms with Crippen molar-refractivity contribution < 1.29 is 4.74 Å². The van der Waals surface area contributed by atoms with Crippen LogP contribution in [0.15, 0.2) is 41.6 Å². The van der Waals surface area contributed by atoms with Crippen LogP contribution in [-0.2, 0) is 0 Å². The van der Waals surface area contributed by atoms with E-state index in [1.165, 1.54) is 0 Å². The molecule has 0 aliphatic rings. The number of benzene rings is 1. The Morgan fingerprint density at radius 1 is 1.35 bits per heavy atom. The Kier molecular flexibility index (Phi) is 3.33. The molecule has 100 valence electrons. The lowest BCUT2D eigenvalue weighted by Gasteiger charge is -2.09. The molecule has 0 amide bonds. The standard InChI is InChI=1S/C13H10ClN5O/c14-9-3-4-11-10(8-9)17-13(20-7-5-16-18-15)12-2-1-6-19(11)12/h1-4,6,8H,5,7H2. The number of hydrogen-bond donors (Lipinski definition) is 0. The van der Waals surface area contributed by atoms with Crippen LogP contribution < -0.4 is 4.74 Å². The zero-order chi connectivity index (χ0) is 13.9. The Morgan fingerprint density at radius 3 is 3.10 bits per heavy atom. The minimum atomic E-state index is 0.263. The van der Waals surface area contributed by atoms with Crippen molar-refractivity contribution in [2.75, 3.05) is 13.2 Å². The monoisotopic (exact) mass is 287 g/mol. The molecular formula is C13H10ClN5O. The summed E-state index contributed by atoms with van der Waals surface area (Å²) in [6, 6.07) is 9.38. The van der Waals surface area contributed by atoms with E-state index in [0.717, 1.165) is 16.6 Å². The molecule has 0 aliphatic carbocycles. The van der Waals surface area contributed by atoms with Crippen molar-refractivity contribution in [3.8, 4) is 5.88 Å². The first-order chi connectivity index (χ1) is 9.79. The maximum atomic E-state index is 8.24. The zero-order valence-electron chi connectivity index (χ0n) is 10.4. The smallest absolute Gasteiger partial charge is 0.238 e. The van der Waals surface area contributed by atoms with Gasteiger partial charge in [-0.15, -0.1) is 0 Å². The van der Waals surface area contributed by atoms with E-state index in [1.54, 1.807) is 6.07 Å². The van der Waals surface area contributed by atoms with Crippen molar-refractivity contribution in [1.82, 2.24) is 9.38 Å². The third-order valence-electron chi connectivity index (χ3n) is 2.88. The van der Waals surface area contributed by atoms with Crippen LogP contribution in [0.3, 0.4) is 0 Å². The van der Waals surface area contributed by atoms with Crippen molar-refractivity contribution in [3.63, 3.8) is 0 Å². The predicted molar refractivity (Wildman–Crippen MR) is 77.2 cm³/mol. The Bertz CT molecular complexity index is 822. The van der Waals surface area contributed by atoms with Crippen molar-refractivity contribution in [1.29, 1.82) is 0 Å². The molecule has 7 heteroatoms. The van der Waals surface area contributed by atoms with Crippen LogP contribution >= 0.6 is 11.6 Å². The molecule has 2 heterocycles. The van der Waals surface area contributed by atoms with E-state index < -0.39 is 0 Å². The van der Waals surface area contributed by atoms with Gasteiger partial charge in [0.15, 0.2) is 0 Å². The SMILES string of the molecule is [N-]=[N+]=NCCOc1nc2cc(Cl)ccc2n2cccc12. The second-order valence-electron chi connectivity index (χ2n) is 4.12. The Balaban J connectivity index is 2.08. The van der Waals surface area contributed by atoms with Crippen LogP contribution in [0, 0.1) is 0 Å². The molecule has 0 fully saturated rings. The normalized spacial score (nSPS) is 10.7. The average molecular weight is 288 g/mol. The lowest BCUT2D eigenvalue weighted by atomic mass is 10.3. The molecule has 0 atom stereocenters. The van der Waals surface area contributed by atoms with Gasteiger partial charge in [0.05, 0.1) is 24.2 Å². The summed E-state index contributed by atoms with van der Waals surface area (Å²) in [7, 11) is 0. The van der Waals surface area contributed by atoms with Crippen molar-refractivity contribution in [3.05, 3.63) is 52.0 Å². The number of halogens is 1. The molecule has 2 aromatic heterocycles. The summed E-state index contributed by atoms with van der Waals surface area (Å²) in [6.45, 7) is 0.544. The zero-order valence-corrected chi connectivity index (χ0v) is 11.2. The number of azide groups is 1. The van der Waals surface area contributed by atoms with E-state index in [4.69, 9.17) is 21.9 Å². The van der Waals surface area contributed by atoms with Gasteiger partial charge in [-0.25, -0.2) is 4.98 Å². The van der Waals surface area contributed by atoms with Crippen LogP contribution in [0.5, 0.6) is 5.88 Å². The second-order valence-corrected chi connectivity index (χ2v) is 4.55. The Labute approximate surface area is 119 Å². The number of nitrogens with zero attached hydrogens (tertiary/aromatic N) is 5. The van der Waals surface area contributed by atoms with Crippen LogP contribution in [0.1, 0.15) is 0 Å². The second kappa shape index (κ2) is 5.28. The van der Waals surface area contributed by atoms with Gasteiger partial charge in [-0.05, 0) is 35.9 Å². The van der Waals surface area contributed by atoms with E-state index in [9.17, 15) is 0 Å². The summed E-state index contributed by atoms with van der Waals surface area (Å²) in [5.41, 5.74) is 10.8. The number of fused-ring (bicyclic) bond motifs is 3. The topological polar surface area (TPSA) is 75.3 Å². The maximum absolute atomic E-state index is 8.24.